The van der Waals surface area contributed by atoms with Gasteiger partial charge in [-0.15, -0.1) is 0 Å². The number of carbonyl (C=O) groups is 2. The maximum atomic E-state index is 12.4. The maximum absolute atomic E-state index is 12.4. The Bertz CT molecular complexity index is 773. The molecule has 2 heterocycles. The van der Waals surface area contributed by atoms with Crippen LogP contribution in [0, 0.1) is 0 Å². The van der Waals surface area contributed by atoms with E-state index in [-0.39, 0.29) is 5.78 Å². The lowest BCUT2D eigenvalue weighted by Crippen LogP contribution is -2.34. The first-order valence-electron chi connectivity index (χ1n) is 7.82. The Morgan fingerprint density at radius 1 is 1.28 bits per heavy atom. The van der Waals surface area contributed by atoms with Gasteiger partial charge in [-0.25, -0.2) is 9.78 Å². The van der Waals surface area contributed by atoms with Crippen LogP contribution in [0.3, 0.4) is 0 Å². The second kappa shape index (κ2) is 7.62. The van der Waals surface area contributed by atoms with E-state index >= 15 is 0 Å². The summed E-state index contributed by atoms with van der Waals surface area (Å²) in [4.78, 5) is 31.3. The van der Waals surface area contributed by atoms with Gasteiger partial charge in [-0.1, -0.05) is 11.3 Å². The fraction of sp³-hybridized carbons (Fsp3) is 0.353. The predicted molar refractivity (Wildman–Crippen MR) is 94.4 cm³/mol. The number of carbonyl (C=O) groups excluding carboxylic acids is 2. The van der Waals surface area contributed by atoms with E-state index in [1.807, 2.05) is 0 Å². The van der Waals surface area contributed by atoms with Crippen LogP contribution in [-0.4, -0.2) is 49.1 Å². The molecule has 0 saturated carbocycles. The summed E-state index contributed by atoms with van der Waals surface area (Å²) in [6, 6.07) is 7.13. The zero-order valence-electron chi connectivity index (χ0n) is 14.1. The van der Waals surface area contributed by atoms with Crippen molar-refractivity contribution in [3.63, 3.8) is 0 Å². The smallest absolute Gasteiger partial charge is 0.413 e. The summed E-state index contributed by atoms with van der Waals surface area (Å²) >= 11 is 1.42. The summed E-state index contributed by atoms with van der Waals surface area (Å²) in [7, 11) is 2.91. The van der Waals surface area contributed by atoms with Gasteiger partial charge < -0.3 is 9.47 Å². The molecule has 0 radical (unpaired) electrons. The molecule has 0 aliphatic carbocycles. The molecule has 0 saturated heterocycles. The minimum Gasteiger partial charge on any atom is -0.497 e. The van der Waals surface area contributed by atoms with Crippen molar-refractivity contribution >= 4 is 28.3 Å². The van der Waals surface area contributed by atoms with Crippen molar-refractivity contribution in [2.24, 2.45) is 0 Å². The minimum absolute atomic E-state index is 0.0727. The first kappa shape index (κ1) is 17.4. The van der Waals surface area contributed by atoms with Crippen LogP contribution in [-0.2, 0) is 17.7 Å². The van der Waals surface area contributed by atoms with E-state index in [1.54, 1.807) is 31.4 Å². The number of rotatable bonds is 5. The van der Waals surface area contributed by atoms with Crippen LogP contribution in [0.25, 0.3) is 0 Å². The van der Waals surface area contributed by atoms with Gasteiger partial charge in [0.1, 0.15) is 5.75 Å². The monoisotopic (exact) mass is 361 g/mol. The second-order valence-electron chi connectivity index (χ2n) is 5.62. The van der Waals surface area contributed by atoms with Crippen LogP contribution in [0.4, 0.5) is 9.93 Å². The Hall–Kier alpha value is -2.45. The minimum atomic E-state index is -0.530. The van der Waals surface area contributed by atoms with Crippen molar-refractivity contribution in [3.8, 4) is 5.75 Å². The first-order chi connectivity index (χ1) is 12.1. The number of ether oxygens (including phenoxy) is 2. The molecule has 132 valence electrons. The van der Waals surface area contributed by atoms with Crippen molar-refractivity contribution < 1.29 is 19.1 Å². The van der Waals surface area contributed by atoms with Crippen LogP contribution < -0.4 is 10.1 Å². The molecule has 1 aromatic heterocycles. The summed E-state index contributed by atoms with van der Waals surface area (Å²) in [6.45, 7) is 1.76. The number of nitrogens with one attached hydrogen (secondary N) is 1. The Balaban J connectivity index is 1.62. The van der Waals surface area contributed by atoms with E-state index in [4.69, 9.17) is 4.74 Å². The summed E-state index contributed by atoms with van der Waals surface area (Å²) in [5.74, 6) is 0.804. The standard InChI is InChI=1S/C17H19N3O4S/c1-23-12-5-3-11(4-6-12)14(21)9-20-8-7-13-15(10-20)25-16(18-13)19-17(22)24-2/h3-6H,7-10H2,1-2H3,(H,18,19,22). The number of anilines is 1. The molecule has 1 amide bonds. The molecule has 0 bridgehead atoms. The normalized spacial score (nSPS) is 13.8. The number of ketones is 1. The molecule has 8 heteroatoms. The van der Waals surface area contributed by atoms with Gasteiger partial charge >= 0.3 is 6.09 Å². The molecular formula is C17H19N3O4S. The number of hydrogen-bond donors (Lipinski definition) is 1. The fourth-order valence-corrected chi connectivity index (χ4v) is 3.68. The van der Waals surface area contributed by atoms with Crippen molar-refractivity contribution in [2.75, 3.05) is 32.6 Å². The van der Waals surface area contributed by atoms with Gasteiger partial charge in [0, 0.05) is 30.0 Å². The van der Waals surface area contributed by atoms with Crippen LogP contribution in [0.2, 0.25) is 0 Å². The van der Waals surface area contributed by atoms with Gasteiger partial charge in [-0.05, 0) is 24.3 Å². The highest BCUT2D eigenvalue weighted by molar-refractivity contribution is 7.15. The van der Waals surface area contributed by atoms with Crippen LogP contribution in [0.15, 0.2) is 24.3 Å². The van der Waals surface area contributed by atoms with Gasteiger partial charge in [-0.2, -0.15) is 0 Å². The largest absolute Gasteiger partial charge is 0.497 e. The lowest BCUT2D eigenvalue weighted by molar-refractivity contribution is 0.0922. The van der Waals surface area contributed by atoms with Gasteiger partial charge in [0.2, 0.25) is 0 Å². The van der Waals surface area contributed by atoms with Gasteiger partial charge in [0.25, 0.3) is 0 Å². The molecule has 1 aromatic carbocycles. The summed E-state index contributed by atoms with van der Waals surface area (Å²) < 4.78 is 9.69. The Kier molecular flexibility index (Phi) is 5.30. The SMILES string of the molecule is COC(=O)Nc1nc2c(s1)CN(CC(=O)c1ccc(OC)cc1)CC2. The maximum Gasteiger partial charge on any atom is 0.413 e. The molecule has 3 rings (SSSR count). The molecule has 0 spiro atoms. The third-order valence-corrected chi connectivity index (χ3v) is 4.98. The number of benzene rings is 1. The van der Waals surface area contributed by atoms with E-state index in [1.165, 1.54) is 18.4 Å². The van der Waals surface area contributed by atoms with E-state index in [2.05, 4.69) is 19.9 Å². The van der Waals surface area contributed by atoms with Gasteiger partial charge in [-0.3, -0.25) is 15.0 Å². The Labute approximate surface area is 149 Å². The quantitative estimate of drug-likeness (QED) is 0.825. The molecule has 0 unspecified atom stereocenters. The third kappa shape index (κ3) is 4.15. The molecule has 7 nitrogen and oxygen atoms in total. The van der Waals surface area contributed by atoms with Crippen LogP contribution >= 0.6 is 11.3 Å². The summed E-state index contributed by atoms with van der Waals surface area (Å²) in [6.07, 6.45) is 0.225. The highest BCUT2D eigenvalue weighted by atomic mass is 32.1. The average Bonchev–Trinajstić information content (AvgIpc) is 3.03. The number of methoxy groups -OCH3 is 2. The number of Topliss-reactive ketones (excluding diaryl/α,β-unsaturated/α-hetero) is 1. The van der Waals surface area contributed by atoms with Crippen molar-refractivity contribution in [3.05, 3.63) is 40.4 Å². The van der Waals surface area contributed by atoms with E-state index in [0.29, 0.717) is 23.8 Å². The molecule has 2 aromatic rings. The molecule has 1 N–H and O–H groups in total. The number of fused-ring (bicyclic) bond motifs is 1. The van der Waals surface area contributed by atoms with Gasteiger partial charge in [0.05, 0.1) is 26.5 Å². The summed E-state index contributed by atoms with van der Waals surface area (Å²) in [5.41, 5.74) is 1.65. The third-order valence-electron chi connectivity index (χ3n) is 3.98. The molecule has 0 atom stereocenters. The molecule has 0 fully saturated rings. The number of aromatic nitrogens is 1. The predicted octanol–water partition coefficient (Wildman–Crippen LogP) is 2.57. The number of nitrogens with zero attached hydrogens (tertiary/aromatic N) is 2. The lowest BCUT2D eigenvalue weighted by atomic mass is 10.1. The number of amides is 1. The van der Waals surface area contributed by atoms with E-state index in [0.717, 1.165) is 29.3 Å². The fourth-order valence-electron chi connectivity index (χ4n) is 2.65. The number of thiazole rings is 1. The van der Waals surface area contributed by atoms with Crippen LogP contribution in [0.5, 0.6) is 5.75 Å². The molecule has 1 aliphatic heterocycles. The van der Waals surface area contributed by atoms with Crippen molar-refractivity contribution in [2.45, 2.75) is 13.0 Å². The zero-order valence-corrected chi connectivity index (χ0v) is 14.9. The molecule has 1 aliphatic rings. The molecular weight excluding hydrogens is 342 g/mol. The van der Waals surface area contributed by atoms with Crippen LogP contribution in [0.1, 0.15) is 20.9 Å². The van der Waals surface area contributed by atoms with E-state index < -0.39 is 6.09 Å². The average molecular weight is 361 g/mol. The van der Waals surface area contributed by atoms with Crippen molar-refractivity contribution in [1.82, 2.24) is 9.88 Å². The number of hydrogen-bond acceptors (Lipinski definition) is 7. The lowest BCUT2D eigenvalue weighted by Gasteiger charge is -2.25. The van der Waals surface area contributed by atoms with Gasteiger partial charge in [0.15, 0.2) is 10.9 Å². The van der Waals surface area contributed by atoms with Crippen molar-refractivity contribution in [1.29, 1.82) is 0 Å². The topological polar surface area (TPSA) is 80.8 Å². The second-order valence-corrected chi connectivity index (χ2v) is 6.70. The zero-order chi connectivity index (χ0) is 17.8. The highest BCUT2D eigenvalue weighted by Gasteiger charge is 2.23. The Morgan fingerprint density at radius 2 is 2.04 bits per heavy atom. The highest BCUT2D eigenvalue weighted by Crippen LogP contribution is 2.28. The van der Waals surface area contributed by atoms with E-state index in [9.17, 15) is 9.59 Å². The first-order valence-corrected chi connectivity index (χ1v) is 8.64. The summed E-state index contributed by atoms with van der Waals surface area (Å²) in [5, 5.41) is 3.12. The Morgan fingerprint density at radius 3 is 2.72 bits per heavy atom. The molecule has 25 heavy (non-hydrogen) atoms.